The van der Waals surface area contributed by atoms with Crippen LogP contribution in [0.25, 0.3) is 0 Å². The molecule has 0 aromatic rings. The van der Waals surface area contributed by atoms with Gasteiger partial charge in [0.1, 0.15) is 0 Å². The highest BCUT2D eigenvalue weighted by Crippen LogP contribution is 2.22. The van der Waals surface area contributed by atoms with Crippen LogP contribution in [0.4, 0.5) is 0 Å². The van der Waals surface area contributed by atoms with Crippen molar-refractivity contribution in [3.63, 3.8) is 0 Å². The summed E-state index contributed by atoms with van der Waals surface area (Å²) in [6.07, 6.45) is 1.53. The summed E-state index contributed by atoms with van der Waals surface area (Å²) >= 11 is 0. The predicted molar refractivity (Wildman–Crippen MR) is 63.5 cm³/mol. The minimum atomic E-state index is -3.62. The van der Waals surface area contributed by atoms with Crippen LogP contribution in [-0.4, -0.2) is 49.0 Å². The van der Waals surface area contributed by atoms with Crippen molar-refractivity contribution in [3.05, 3.63) is 0 Å². The lowest BCUT2D eigenvalue weighted by Crippen LogP contribution is -2.43. The normalized spacial score (nSPS) is 26.4. The highest BCUT2D eigenvalue weighted by Gasteiger charge is 2.36. The summed E-state index contributed by atoms with van der Waals surface area (Å²) in [5.74, 6) is 4.96. The number of nitrogens with zero attached hydrogens (tertiary/aromatic N) is 1. The Morgan fingerprint density at radius 2 is 2.06 bits per heavy atom. The Labute approximate surface area is 101 Å². The number of hydrazine groups is 1. The number of nitrogens with two attached hydrogens (primary N) is 2. The van der Waals surface area contributed by atoms with Crippen LogP contribution < -0.4 is 16.4 Å². The zero-order valence-corrected chi connectivity index (χ0v) is 10.3. The van der Waals surface area contributed by atoms with Gasteiger partial charge < -0.3 is 15.8 Å². The summed E-state index contributed by atoms with van der Waals surface area (Å²) in [7, 11) is -4.94. The van der Waals surface area contributed by atoms with Gasteiger partial charge in [-0.3, -0.25) is 5.84 Å². The van der Waals surface area contributed by atoms with Gasteiger partial charge in [-0.2, -0.15) is 12.7 Å². The summed E-state index contributed by atoms with van der Waals surface area (Å²) < 4.78 is 24.1. The molecule has 10 heteroatoms. The Morgan fingerprint density at radius 3 is 2.59 bits per heavy atom. The van der Waals surface area contributed by atoms with Gasteiger partial charge in [0.25, 0.3) is 10.2 Å². The second kappa shape index (κ2) is 6.09. The summed E-state index contributed by atoms with van der Waals surface area (Å²) in [4.78, 5) is 1.76. The Morgan fingerprint density at radius 1 is 1.41 bits per heavy atom. The minimum Gasteiger partial charge on any atom is -0.427 e. The van der Waals surface area contributed by atoms with E-state index in [0.717, 1.165) is 0 Å². The first-order chi connectivity index (χ1) is 7.86. The zero-order valence-electron chi connectivity index (χ0n) is 9.49. The van der Waals surface area contributed by atoms with Crippen molar-refractivity contribution < 1.29 is 18.5 Å². The highest BCUT2D eigenvalue weighted by atomic mass is 32.2. The molecule has 0 spiro atoms. The molecule has 1 aliphatic rings. The van der Waals surface area contributed by atoms with Crippen LogP contribution in [-0.2, 0) is 10.2 Å². The maximum absolute atomic E-state index is 11.4. The van der Waals surface area contributed by atoms with Crippen molar-refractivity contribution in [1.29, 1.82) is 0 Å². The molecule has 1 aliphatic heterocycles. The average Bonchev–Trinajstić information content (AvgIpc) is 2.61. The van der Waals surface area contributed by atoms with Crippen molar-refractivity contribution in [3.8, 4) is 0 Å². The van der Waals surface area contributed by atoms with Crippen LogP contribution in [0, 0.1) is 5.92 Å². The van der Waals surface area contributed by atoms with Crippen LogP contribution in [0.2, 0.25) is 6.32 Å². The molecule has 0 bridgehead atoms. The van der Waals surface area contributed by atoms with E-state index in [0.29, 0.717) is 19.4 Å². The molecular formula is C7H19BN4O4S. The highest BCUT2D eigenvalue weighted by molar-refractivity contribution is 7.87. The molecule has 1 heterocycles. The molecule has 100 valence electrons. The third-order valence-electron chi connectivity index (χ3n) is 2.98. The van der Waals surface area contributed by atoms with E-state index in [1.54, 1.807) is 4.83 Å². The Balaban J connectivity index is 2.45. The molecule has 8 nitrogen and oxygen atoms in total. The lowest BCUT2D eigenvalue weighted by molar-refractivity contribution is 0.390. The predicted octanol–water partition coefficient (Wildman–Crippen LogP) is -2.79. The quantitative estimate of drug-likeness (QED) is 0.200. The largest absolute Gasteiger partial charge is 0.451 e. The van der Waals surface area contributed by atoms with Gasteiger partial charge in [-0.25, -0.2) is 0 Å². The maximum Gasteiger partial charge on any atom is 0.451 e. The fraction of sp³-hybridized carbons (Fsp3) is 1.00. The topological polar surface area (TPSA) is 142 Å². The van der Waals surface area contributed by atoms with Crippen LogP contribution in [0.5, 0.6) is 0 Å². The van der Waals surface area contributed by atoms with Crippen molar-refractivity contribution in [1.82, 2.24) is 9.14 Å². The third kappa shape index (κ3) is 4.18. The molecule has 2 atom stereocenters. The van der Waals surface area contributed by atoms with Gasteiger partial charge in [-0.1, -0.05) is 6.42 Å². The summed E-state index contributed by atoms with van der Waals surface area (Å²) in [6, 6.07) is -0.242. The lowest BCUT2D eigenvalue weighted by atomic mass is 9.82. The molecule has 0 aromatic carbocycles. The smallest absolute Gasteiger partial charge is 0.427 e. The van der Waals surface area contributed by atoms with E-state index in [1.165, 1.54) is 4.31 Å². The molecule has 0 saturated carbocycles. The maximum atomic E-state index is 11.4. The van der Waals surface area contributed by atoms with E-state index in [1.807, 2.05) is 0 Å². The van der Waals surface area contributed by atoms with Crippen molar-refractivity contribution in [2.45, 2.75) is 25.2 Å². The van der Waals surface area contributed by atoms with Gasteiger partial charge in [-0.05, 0) is 18.7 Å². The molecule has 1 rings (SSSR count). The molecule has 0 aromatic heterocycles. The van der Waals surface area contributed by atoms with Crippen LogP contribution >= 0.6 is 0 Å². The van der Waals surface area contributed by atoms with Crippen molar-refractivity contribution in [2.75, 3.05) is 13.1 Å². The fourth-order valence-electron chi connectivity index (χ4n) is 1.99. The third-order valence-corrected chi connectivity index (χ3v) is 4.26. The van der Waals surface area contributed by atoms with Gasteiger partial charge in [0.05, 0.1) is 0 Å². The van der Waals surface area contributed by atoms with E-state index < -0.39 is 17.3 Å². The molecule has 7 N–H and O–H groups in total. The van der Waals surface area contributed by atoms with Crippen molar-refractivity contribution >= 4 is 17.3 Å². The molecule has 17 heavy (non-hydrogen) atoms. The SMILES string of the molecule is NNS(=O)(=O)N1C[C@H](CCCB(O)O)[C@@H](N)C1. The molecule has 0 radical (unpaired) electrons. The van der Waals surface area contributed by atoms with Gasteiger partial charge in [0.2, 0.25) is 0 Å². The van der Waals surface area contributed by atoms with E-state index in [4.69, 9.17) is 21.6 Å². The fourth-order valence-corrected chi connectivity index (χ4v) is 2.90. The first-order valence-electron chi connectivity index (χ1n) is 5.46. The molecule has 0 aliphatic carbocycles. The Hall–Kier alpha value is -0.225. The van der Waals surface area contributed by atoms with Crippen LogP contribution in [0.15, 0.2) is 0 Å². The number of hydrogen-bond donors (Lipinski definition) is 5. The van der Waals surface area contributed by atoms with Crippen LogP contribution in [0.3, 0.4) is 0 Å². The van der Waals surface area contributed by atoms with Crippen molar-refractivity contribution in [2.24, 2.45) is 17.5 Å². The molecular weight excluding hydrogens is 247 g/mol. The second-order valence-corrected chi connectivity index (χ2v) is 5.98. The summed E-state index contributed by atoms with van der Waals surface area (Å²) in [6.45, 7) is 0.550. The van der Waals surface area contributed by atoms with Crippen LogP contribution in [0.1, 0.15) is 12.8 Å². The number of nitrogens with one attached hydrogen (secondary N) is 1. The average molecular weight is 266 g/mol. The van der Waals surface area contributed by atoms with Gasteiger partial charge in [0.15, 0.2) is 0 Å². The van der Waals surface area contributed by atoms with Gasteiger partial charge in [0, 0.05) is 19.1 Å². The van der Waals surface area contributed by atoms with E-state index in [2.05, 4.69) is 0 Å². The molecule has 1 saturated heterocycles. The van der Waals surface area contributed by atoms with Gasteiger partial charge in [-0.15, -0.1) is 4.83 Å². The van der Waals surface area contributed by atoms with Gasteiger partial charge >= 0.3 is 7.12 Å². The number of hydrogen-bond acceptors (Lipinski definition) is 6. The summed E-state index contributed by atoms with van der Waals surface area (Å²) in [5.41, 5.74) is 5.84. The second-order valence-electron chi connectivity index (χ2n) is 4.28. The molecule has 1 fully saturated rings. The first kappa shape index (κ1) is 14.8. The first-order valence-corrected chi connectivity index (χ1v) is 6.90. The zero-order chi connectivity index (χ0) is 13.1. The number of rotatable bonds is 6. The Kier molecular flexibility index (Phi) is 5.32. The lowest BCUT2D eigenvalue weighted by Gasteiger charge is -2.14. The molecule has 0 amide bonds. The minimum absolute atomic E-state index is 0.0249. The Bertz CT molecular complexity index is 339. The van der Waals surface area contributed by atoms with E-state index in [-0.39, 0.29) is 24.8 Å². The van der Waals surface area contributed by atoms with E-state index in [9.17, 15) is 8.42 Å². The van der Waals surface area contributed by atoms with E-state index >= 15 is 0 Å². The monoisotopic (exact) mass is 266 g/mol. The summed E-state index contributed by atoms with van der Waals surface area (Å²) in [5, 5.41) is 17.4. The molecule has 0 unspecified atom stereocenters. The standard InChI is InChI=1S/C7H19BN4O4S/c9-7-5-12(17(15,16)11-10)4-6(7)2-1-3-8(13)14/h6-7,11,13-14H,1-5,9-10H2/t6-,7-/m0/s1.